The molecular formula is C10H6N2O. The molecule has 13 heavy (non-hydrogen) atoms. The molecule has 62 valence electrons. The summed E-state index contributed by atoms with van der Waals surface area (Å²) in [4.78, 5) is 13.8. The van der Waals surface area contributed by atoms with E-state index in [1.807, 2.05) is 6.07 Å². The topological polar surface area (TPSA) is 53.8 Å². The fourth-order valence-corrected chi connectivity index (χ4v) is 0.717. The fraction of sp³-hybridized carbons (Fsp3) is 0.100. The number of nitrogens with zero attached hydrogens (tertiary/aromatic N) is 2. The number of carbonyl (C=O) groups is 1. The molecule has 0 radical (unpaired) electrons. The molecular weight excluding hydrogens is 164 g/mol. The van der Waals surface area contributed by atoms with Crippen LogP contribution in [0.1, 0.15) is 17.7 Å². The highest BCUT2D eigenvalue weighted by Crippen LogP contribution is 1.96. The Morgan fingerprint density at radius 2 is 2.38 bits per heavy atom. The lowest BCUT2D eigenvalue weighted by atomic mass is 10.2. The second kappa shape index (κ2) is 4.69. The highest BCUT2D eigenvalue weighted by molar-refractivity contribution is 5.54. The van der Waals surface area contributed by atoms with Crippen LogP contribution in [0.25, 0.3) is 0 Å². The lowest BCUT2D eigenvalue weighted by Crippen LogP contribution is -1.82. The van der Waals surface area contributed by atoms with Gasteiger partial charge in [0.05, 0.1) is 12.0 Å². The van der Waals surface area contributed by atoms with Crippen molar-refractivity contribution in [3.05, 3.63) is 29.6 Å². The van der Waals surface area contributed by atoms with Crippen LogP contribution in [0.4, 0.5) is 0 Å². The maximum absolute atomic E-state index is 9.93. The van der Waals surface area contributed by atoms with E-state index in [4.69, 9.17) is 5.26 Å². The molecule has 0 N–H and O–H groups in total. The van der Waals surface area contributed by atoms with E-state index >= 15 is 0 Å². The van der Waals surface area contributed by atoms with Crippen molar-refractivity contribution in [3.63, 3.8) is 0 Å². The molecule has 0 aliphatic heterocycles. The molecule has 0 saturated heterocycles. The molecule has 1 aromatic heterocycles. The summed E-state index contributed by atoms with van der Waals surface area (Å²) in [7, 11) is 0. The molecule has 0 amide bonds. The largest absolute Gasteiger partial charge is 0.302 e. The van der Waals surface area contributed by atoms with Crippen LogP contribution < -0.4 is 0 Å². The Kier molecular flexibility index (Phi) is 3.23. The van der Waals surface area contributed by atoms with Gasteiger partial charge in [0.25, 0.3) is 0 Å². The first kappa shape index (κ1) is 8.96. The van der Waals surface area contributed by atoms with Crippen LogP contribution in [-0.4, -0.2) is 11.3 Å². The van der Waals surface area contributed by atoms with Gasteiger partial charge in [-0.1, -0.05) is 5.92 Å². The third-order valence-corrected chi connectivity index (χ3v) is 1.29. The van der Waals surface area contributed by atoms with Crippen LogP contribution in [0.3, 0.4) is 0 Å². The van der Waals surface area contributed by atoms with Crippen molar-refractivity contribution in [1.82, 2.24) is 4.98 Å². The SMILES string of the molecule is N#Cc1ccc(C#CCC=O)nc1. The van der Waals surface area contributed by atoms with Gasteiger partial charge in [-0.3, -0.25) is 0 Å². The van der Waals surface area contributed by atoms with Gasteiger partial charge >= 0.3 is 0 Å². The van der Waals surface area contributed by atoms with Gasteiger partial charge in [0.1, 0.15) is 18.0 Å². The molecule has 3 nitrogen and oxygen atoms in total. The zero-order valence-electron chi connectivity index (χ0n) is 6.82. The molecule has 1 heterocycles. The first-order chi connectivity index (χ1) is 6.36. The average molecular weight is 170 g/mol. The minimum Gasteiger partial charge on any atom is -0.302 e. The first-order valence-electron chi connectivity index (χ1n) is 3.65. The van der Waals surface area contributed by atoms with Crippen molar-refractivity contribution in [2.45, 2.75) is 6.42 Å². The molecule has 0 aliphatic carbocycles. The van der Waals surface area contributed by atoms with Crippen LogP contribution in [0.5, 0.6) is 0 Å². The molecule has 0 spiro atoms. The summed E-state index contributed by atoms with van der Waals surface area (Å²) in [5.74, 6) is 5.32. The Morgan fingerprint density at radius 1 is 1.54 bits per heavy atom. The molecule has 1 aromatic rings. The Labute approximate surface area is 76.0 Å². The number of pyridine rings is 1. The minimum absolute atomic E-state index is 0.210. The third-order valence-electron chi connectivity index (χ3n) is 1.29. The number of aromatic nitrogens is 1. The van der Waals surface area contributed by atoms with Gasteiger partial charge in [-0.05, 0) is 18.1 Å². The summed E-state index contributed by atoms with van der Waals surface area (Å²) < 4.78 is 0. The Hall–Kier alpha value is -2.13. The second-order valence-corrected chi connectivity index (χ2v) is 2.22. The number of rotatable bonds is 1. The van der Waals surface area contributed by atoms with E-state index in [-0.39, 0.29) is 6.42 Å². The fourth-order valence-electron chi connectivity index (χ4n) is 0.717. The normalized spacial score (nSPS) is 7.92. The maximum atomic E-state index is 9.93. The molecule has 1 rings (SSSR count). The molecule has 0 saturated carbocycles. The highest BCUT2D eigenvalue weighted by Gasteiger charge is 1.89. The number of hydrogen-bond acceptors (Lipinski definition) is 3. The van der Waals surface area contributed by atoms with Crippen LogP contribution in [-0.2, 0) is 4.79 Å². The standard InChI is InChI=1S/C10H6N2O/c11-7-9-4-5-10(12-8-9)3-1-2-6-13/h4-6,8H,2H2. The maximum Gasteiger partial charge on any atom is 0.131 e. The van der Waals surface area contributed by atoms with Gasteiger partial charge < -0.3 is 4.79 Å². The Bertz CT molecular complexity index is 390. The number of hydrogen-bond donors (Lipinski definition) is 0. The van der Waals surface area contributed by atoms with Crippen molar-refractivity contribution < 1.29 is 4.79 Å². The van der Waals surface area contributed by atoms with Gasteiger partial charge in [-0.25, -0.2) is 4.98 Å². The number of carbonyl (C=O) groups excluding carboxylic acids is 1. The second-order valence-electron chi connectivity index (χ2n) is 2.22. The van der Waals surface area contributed by atoms with E-state index in [9.17, 15) is 4.79 Å². The zero-order valence-corrected chi connectivity index (χ0v) is 6.82. The lowest BCUT2D eigenvalue weighted by molar-refractivity contribution is -0.107. The predicted octanol–water partition coefficient (Wildman–Crippen LogP) is 0.894. The van der Waals surface area contributed by atoms with Crippen LogP contribution in [0, 0.1) is 23.2 Å². The van der Waals surface area contributed by atoms with E-state index in [2.05, 4.69) is 16.8 Å². The van der Waals surface area contributed by atoms with Crippen molar-refractivity contribution in [1.29, 1.82) is 5.26 Å². The molecule has 0 aromatic carbocycles. The van der Waals surface area contributed by atoms with Crippen molar-refractivity contribution in [2.75, 3.05) is 0 Å². The van der Waals surface area contributed by atoms with E-state index < -0.39 is 0 Å². The van der Waals surface area contributed by atoms with Crippen LogP contribution >= 0.6 is 0 Å². The van der Waals surface area contributed by atoms with Crippen molar-refractivity contribution in [2.24, 2.45) is 0 Å². The summed E-state index contributed by atoms with van der Waals surface area (Å²) in [5.41, 5.74) is 1.07. The first-order valence-corrected chi connectivity index (χ1v) is 3.65. The molecule has 0 unspecified atom stereocenters. The quantitative estimate of drug-likeness (QED) is 0.464. The monoisotopic (exact) mass is 170 g/mol. The van der Waals surface area contributed by atoms with Gasteiger partial charge in [-0.15, -0.1) is 0 Å². The summed E-state index contributed by atoms with van der Waals surface area (Å²) >= 11 is 0. The molecule has 0 fully saturated rings. The number of aldehydes is 1. The summed E-state index contributed by atoms with van der Waals surface area (Å²) in [5, 5.41) is 8.47. The van der Waals surface area contributed by atoms with Crippen LogP contribution in [0.15, 0.2) is 18.3 Å². The van der Waals surface area contributed by atoms with Crippen molar-refractivity contribution >= 4 is 6.29 Å². The van der Waals surface area contributed by atoms with Crippen LogP contribution in [0.2, 0.25) is 0 Å². The predicted molar refractivity (Wildman–Crippen MR) is 46.5 cm³/mol. The Morgan fingerprint density at radius 3 is 2.92 bits per heavy atom. The average Bonchev–Trinajstić information content (AvgIpc) is 2.19. The van der Waals surface area contributed by atoms with E-state index in [1.54, 1.807) is 12.1 Å². The van der Waals surface area contributed by atoms with E-state index in [0.29, 0.717) is 11.3 Å². The van der Waals surface area contributed by atoms with Gasteiger partial charge in [0, 0.05) is 6.20 Å². The molecule has 0 aliphatic rings. The summed E-state index contributed by atoms with van der Waals surface area (Å²) in [6.07, 6.45) is 2.39. The lowest BCUT2D eigenvalue weighted by Gasteiger charge is -1.87. The summed E-state index contributed by atoms with van der Waals surface area (Å²) in [6, 6.07) is 5.24. The van der Waals surface area contributed by atoms with Gasteiger partial charge in [0.2, 0.25) is 0 Å². The van der Waals surface area contributed by atoms with Crippen molar-refractivity contribution in [3.8, 4) is 17.9 Å². The molecule has 0 atom stereocenters. The smallest absolute Gasteiger partial charge is 0.131 e. The highest BCUT2D eigenvalue weighted by atomic mass is 16.1. The van der Waals surface area contributed by atoms with Gasteiger partial charge in [-0.2, -0.15) is 5.26 Å². The third kappa shape index (κ3) is 2.76. The minimum atomic E-state index is 0.210. The summed E-state index contributed by atoms with van der Waals surface area (Å²) in [6.45, 7) is 0. The Balaban J connectivity index is 2.78. The van der Waals surface area contributed by atoms with Gasteiger partial charge in [0.15, 0.2) is 0 Å². The van der Waals surface area contributed by atoms with E-state index in [1.165, 1.54) is 6.20 Å². The number of nitriles is 1. The zero-order chi connectivity index (χ0) is 9.52. The van der Waals surface area contributed by atoms with E-state index in [0.717, 1.165) is 6.29 Å². The molecule has 0 bridgehead atoms. The molecule has 3 heteroatoms.